The molecule has 3 heterocycles. The Hall–Kier alpha value is -1.14. The summed E-state index contributed by atoms with van der Waals surface area (Å²) in [6, 6.07) is 8.36. The summed E-state index contributed by atoms with van der Waals surface area (Å²) in [6.07, 6.45) is 4.59. The van der Waals surface area contributed by atoms with E-state index in [0.717, 1.165) is 77.7 Å². The van der Waals surface area contributed by atoms with E-state index in [-0.39, 0.29) is 5.60 Å². The Balaban J connectivity index is 1.19. The Kier molecular flexibility index (Phi) is 6.33. The van der Waals surface area contributed by atoms with E-state index < -0.39 is 0 Å². The van der Waals surface area contributed by atoms with E-state index in [1.165, 1.54) is 12.0 Å². The maximum atomic E-state index is 6.21. The zero-order chi connectivity index (χ0) is 18.5. The van der Waals surface area contributed by atoms with Crippen LogP contribution in [0.4, 0.5) is 0 Å². The number of rotatable bonds is 8. The summed E-state index contributed by atoms with van der Waals surface area (Å²) < 4.78 is 23.0. The summed E-state index contributed by atoms with van der Waals surface area (Å²) in [5.41, 5.74) is 1.37. The molecule has 27 heavy (non-hydrogen) atoms. The molecule has 3 aliphatic heterocycles. The number of hydrogen-bond donors (Lipinski definition) is 0. The van der Waals surface area contributed by atoms with E-state index in [1.807, 2.05) is 6.07 Å². The van der Waals surface area contributed by atoms with E-state index in [2.05, 4.69) is 23.1 Å². The molecule has 0 unspecified atom stereocenters. The van der Waals surface area contributed by atoms with E-state index in [0.29, 0.717) is 11.8 Å². The average molecular weight is 376 g/mol. The van der Waals surface area contributed by atoms with Crippen LogP contribution in [0.5, 0.6) is 5.75 Å². The van der Waals surface area contributed by atoms with Gasteiger partial charge in [0, 0.05) is 52.7 Å². The molecule has 0 amide bonds. The normalized spacial score (nSPS) is 25.6. The molecule has 1 atom stereocenters. The van der Waals surface area contributed by atoms with Crippen LogP contribution in [0, 0.1) is 11.8 Å². The van der Waals surface area contributed by atoms with E-state index in [4.69, 9.17) is 18.9 Å². The first-order valence-electron chi connectivity index (χ1n) is 10.4. The minimum atomic E-state index is 0.0703. The summed E-state index contributed by atoms with van der Waals surface area (Å²) in [6.45, 7) is 7.50. The quantitative estimate of drug-likeness (QED) is 0.653. The lowest BCUT2D eigenvalue weighted by Crippen LogP contribution is -2.64. The van der Waals surface area contributed by atoms with Gasteiger partial charge < -0.3 is 18.9 Å². The molecule has 0 radical (unpaired) electrons. The summed E-state index contributed by atoms with van der Waals surface area (Å²) in [7, 11) is 1.72. The van der Waals surface area contributed by atoms with Gasteiger partial charge in [-0.1, -0.05) is 12.1 Å². The third kappa shape index (κ3) is 4.65. The second-order valence-electron chi connectivity index (χ2n) is 8.31. The van der Waals surface area contributed by atoms with E-state index >= 15 is 0 Å². The van der Waals surface area contributed by atoms with Gasteiger partial charge in [-0.15, -0.1) is 0 Å². The lowest BCUT2D eigenvalue weighted by atomic mass is 9.79. The van der Waals surface area contributed by atoms with Crippen LogP contribution in [0.25, 0.3) is 0 Å². The monoisotopic (exact) mass is 375 g/mol. The minimum absolute atomic E-state index is 0.0703. The summed E-state index contributed by atoms with van der Waals surface area (Å²) in [5, 5.41) is 0. The molecule has 0 aliphatic carbocycles. The summed E-state index contributed by atoms with van der Waals surface area (Å²) in [5.74, 6) is 2.25. The van der Waals surface area contributed by atoms with Crippen molar-refractivity contribution >= 4 is 0 Å². The zero-order valence-electron chi connectivity index (χ0n) is 16.5. The Morgan fingerprint density at radius 3 is 2.81 bits per heavy atom. The Labute approximate surface area is 162 Å². The van der Waals surface area contributed by atoms with Gasteiger partial charge in [0.05, 0.1) is 12.7 Å². The van der Waals surface area contributed by atoms with Crippen LogP contribution in [-0.4, -0.2) is 63.7 Å². The second kappa shape index (κ2) is 8.91. The summed E-state index contributed by atoms with van der Waals surface area (Å²) >= 11 is 0. The van der Waals surface area contributed by atoms with Crippen molar-refractivity contribution in [3.8, 4) is 5.75 Å². The van der Waals surface area contributed by atoms with Crippen LogP contribution >= 0.6 is 0 Å². The number of methoxy groups -OCH3 is 1. The molecule has 0 saturated carbocycles. The lowest BCUT2D eigenvalue weighted by Gasteiger charge is -2.50. The Morgan fingerprint density at radius 1 is 1.15 bits per heavy atom. The van der Waals surface area contributed by atoms with E-state index in [1.54, 1.807) is 7.11 Å². The smallest absolute Gasteiger partial charge is 0.119 e. The van der Waals surface area contributed by atoms with Crippen LogP contribution < -0.4 is 4.74 Å². The van der Waals surface area contributed by atoms with Crippen LogP contribution in [0.1, 0.15) is 31.2 Å². The first-order chi connectivity index (χ1) is 13.3. The van der Waals surface area contributed by atoms with Gasteiger partial charge in [0.2, 0.25) is 0 Å². The molecule has 3 aliphatic rings. The Morgan fingerprint density at radius 2 is 2.00 bits per heavy atom. The number of benzene rings is 1. The van der Waals surface area contributed by atoms with Crippen molar-refractivity contribution in [2.75, 3.05) is 53.2 Å². The highest BCUT2D eigenvalue weighted by molar-refractivity contribution is 5.28. The fraction of sp³-hybridized carbons (Fsp3) is 0.727. The average Bonchev–Trinajstić information content (AvgIpc) is 3.10. The van der Waals surface area contributed by atoms with Gasteiger partial charge in [0.25, 0.3) is 0 Å². The van der Waals surface area contributed by atoms with Gasteiger partial charge in [-0.2, -0.15) is 0 Å². The van der Waals surface area contributed by atoms with Crippen molar-refractivity contribution < 1.29 is 18.9 Å². The third-order valence-electron chi connectivity index (χ3n) is 6.43. The Bertz CT molecular complexity index is 596. The highest BCUT2D eigenvalue weighted by atomic mass is 16.5. The number of hydrogen-bond acceptors (Lipinski definition) is 5. The predicted molar refractivity (Wildman–Crippen MR) is 104 cm³/mol. The molecular weight excluding hydrogens is 342 g/mol. The highest BCUT2D eigenvalue weighted by Gasteiger charge is 2.52. The molecule has 5 heteroatoms. The molecule has 1 spiro atoms. The van der Waals surface area contributed by atoms with Gasteiger partial charge in [-0.3, -0.25) is 4.90 Å². The molecule has 1 aromatic carbocycles. The molecule has 1 aromatic rings. The van der Waals surface area contributed by atoms with Crippen LogP contribution in [-0.2, 0) is 20.8 Å². The number of likely N-dealkylation sites (tertiary alicyclic amines) is 1. The maximum absolute atomic E-state index is 6.21. The fourth-order valence-corrected chi connectivity index (χ4v) is 4.78. The third-order valence-corrected chi connectivity index (χ3v) is 6.43. The second-order valence-corrected chi connectivity index (χ2v) is 8.31. The maximum Gasteiger partial charge on any atom is 0.119 e. The predicted octanol–water partition coefficient (Wildman–Crippen LogP) is 3.12. The van der Waals surface area contributed by atoms with Crippen molar-refractivity contribution in [3.63, 3.8) is 0 Å². The largest absolute Gasteiger partial charge is 0.497 e. The van der Waals surface area contributed by atoms with Crippen molar-refractivity contribution in [2.45, 2.75) is 37.8 Å². The molecule has 3 saturated heterocycles. The van der Waals surface area contributed by atoms with E-state index in [9.17, 15) is 0 Å². The van der Waals surface area contributed by atoms with Crippen LogP contribution in [0.15, 0.2) is 24.3 Å². The first kappa shape index (κ1) is 19.2. The standard InChI is InChI=1S/C22H33NO4/c1-24-21-4-2-3-19(13-21)14-23-16-22(17-23)20(8-12-27-22)7-11-26-15-18-5-9-25-10-6-18/h2-4,13,18,20H,5-12,14-17H2,1H3/t20-/m0/s1. The highest BCUT2D eigenvalue weighted by Crippen LogP contribution is 2.42. The van der Waals surface area contributed by atoms with Crippen molar-refractivity contribution in [3.05, 3.63) is 29.8 Å². The van der Waals surface area contributed by atoms with Gasteiger partial charge in [0.1, 0.15) is 5.75 Å². The van der Waals surface area contributed by atoms with Crippen LogP contribution in [0.3, 0.4) is 0 Å². The molecule has 4 rings (SSSR count). The van der Waals surface area contributed by atoms with Gasteiger partial charge in [0.15, 0.2) is 0 Å². The van der Waals surface area contributed by atoms with Crippen molar-refractivity contribution in [1.82, 2.24) is 4.90 Å². The molecule has 0 N–H and O–H groups in total. The molecule has 3 fully saturated rings. The van der Waals surface area contributed by atoms with Crippen molar-refractivity contribution in [2.24, 2.45) is 11.8 Å². The lowest BCUT2D eigenvalue weighted by molar-refractivity contribution is -0.139. The SMILES string of the molecule is COc1cccc(CN2CC3(C2)OCC[C@@H]3CCOCC2CCOCC2)c1. The van der Waals surface area contributed by atoms with Gasteiger partial charge >= 0.3 is 0 Å². The van der Waals surface area contributed by atoms with Gasteiger partial charge in [-0.05, 0) is 55.2 Å². The minimum Gasteiger partial charge on any atom is -0.497 e. The molecule has 0 bridgehead atoms. The fourth-order valence-electron chi connectivity index (χ4n) is 4.78. The van der Waals surface area contributed by atoms with Gasteiger partial charge in [-0.25, -0.2) is 0 Å². The zero-order valence-corrected chi connectivity index (χ0v) is 16.5. The van der Waals surface area contributed by atoms with Crippen molar-refractivity contribution in [1.29, 1.82) is 0 Å². The topological polar surface area (TPSA) is 40.2 Å². The number of ether oxygens (including phenoxy) is 4. The molecule has 150 valence electrons. The first-order valence-corrected chi connectivity index (χ1v) is 10.4. The van der Waals surface area contributed by atoms with Crippen LogP contribution in [0.2, 0.25) is 0 Å². The number of nitrogens with zero attached hydrogens (tertiary/aromatic N) is 1. The summed E-state index contributed by atoms with van der Waals surface area (Å²) in [4.78, 5) is 2.48. The molecule has 0 aromatic heterocycles. The molecular formula is C22H33NO4. The molecule has 5 nitrogen and oxygen atoms in total.